The number of benzene rings is 1. The molecule has 0 saturated heterocycles. The summed E-state index contributed by atoms with van der Waals surface area (Å²) in [5.74, 6) is -1.03. The molecule has 1 aromatic carbocycles. The SMILES string of the molecule is CCCCC(NC(=O)Nc1c(Br)cc(Br)cc1Br)C(=O)O. The smallest absolute Gasteiger partial charge is 0.326 e. The Kier molecular flexibility index (Phi) is 7.69. The molecule has 0 fully saturated rings. The van der Waals surface area contributed by atoms with Gasteiger partial charge in [0.15, 0.2) is 0 Å². The van der Waals surface area contributed by atoms with Crippen molar-refractivity contribution in [2.75, 3.05) is 5.32 Å². The molecule has 1 aromatic rings. The fourth-order valence-electron chi connectivity index (χ4n) is 1.64. The molecule has 3 N–H and O–H groups in total. The van der Waals surface area contributed by atoms with Gasteiger partial charge in [-0.25, -0.2) is 9.59 Å². The predicted octanol–water partition coefficient (Wildman–Crippen LogP) is 4.74. The summed E-state index contributed by atoms with van der Waals surface area (Å²) >= 11 is 10.0. The normalized spacial score (nSPS) is 11.8. The standard InChI is InChI=1S/C13H15Br3N2O3/c1-2-3-4-10(12(19)20)17-13(21)18-11-8(15)5-7(14)6-9(11)16/h5-6,10H,2-4H2,1H3,(H,19,20)(H2,17,18,21). The first-order valence-corrected chi connectivity index (χ1v) is 8.68. The van der Waals surface area contributed by atoms with E-state index < -0.39 is 18.0 Å². The van der Waals surface area contributed by atoms with Crippen LogP contribution < -0.4 is 10.6 Å². The van der Waals surface area contributed by atoms with Crippen LogP contribution in [-0.4, -0.2) is 23.1 Å². The highest BCUT2D eigenvalue weighted by molar-refractivity contribution is 9.11. The minimum absolute atomic E-state index is 0.405. The van der Waals surface area contributed by atoms with E-state index in [0.29, 0.717) is 21.1 Å². The third-order valence-corrected chi connectivity index (χ3v) is 4.40. The van der Waals surface area contributed by atoms with Crippen LogP contribution in [0.3, 0.4) is 0 Å². The van der Waals surface area contributed by atoms with Crippen LogP contribution in [0.5, 0.6) is 0 Å². The number of anilines is 1. The zero-order valence-corrected chi connectivity index (χ0v) is 16.0. The maximum absolute atomic E-state index is 11.9. The highest BCUT2D eigenvalue weighted by Crippen LogP contribution is 2.34. The Balaban J connectivity index is 2.74. The van der Waals surface area contributed by atoms with Gasteiger partial charge in [-0.1, -0.05) is 35.7 Å². The van der Waals surface area contributed by atoms with Crippen molar-refractivity contribution in [3.8, 4) is 0 Å². The lowest BCUT2D eigenvalue weighted by Crippen LogP contribution is -2.43. The molecule has 1 unspecified atom stereocenters. The molecule has 0 heterocycles. The number of hydrogen-bond donors (Lipinski definition) is 3. The lowest BCUT2D eigenvalue weighted by molar-refractivity contribution is -0.139. The van der Waals surface area contributed by atoms with Crippen LogP contribution in [0.15, 0.2) is 25.6 Å². The number of carbonyl (C=O) groups excluding carboxylic acids is 1. The van der Waals surface area contributed by atoms with E-state index in [1.54, 1.807) is 12.1 Å². The van der Waals surface area contributed by atoms with E-state index >= 15 is 0 Å². The number of carbonyl (C=O) groups is 2. The Morgan fingerprint density at radius 2 is 1.81 bits per heavy atom. The van der Waals surface area contributed by atoms with Crippen LogP contribution in [0, 0.1) is 0 Å². The molecule has 21 heavy (non-hydrogen) atoms. The molecule has 0 aliphatic heterocycles. The topological polar surface area (TPSA) is 78.4 Å². The molecule has 0 saturated carbocycles. The van der Waals surface area contributed by atoms with Gasteiger partial charge in [-0.3, -0.25) is 0 Å². The van der Waals surface area contributed by atoms with Crippen LogP contribution in [-0.2, 0) is 4.79 Å². The van der Waals surface area contributed by atoms with Crippen molar-refractivity contribution in [2.24, 2.45) is 0 Å². The average Bonchev–Trinajstić information content (AvgIpc) is 2.38. The van der Waals surface area contributed by atoms with Crippen molar-refractivity contribution in [3.63, 3.8) is 0 Å². The van der Waals surface area contributed by atoms with Gasteiger partial charge in [-0.2, -0.15) is 0 Å². The van der Waals surface area contributed by atoms with Crippen molar-refractivity contribution in [3.05, 3.63) is 25.6 Å². The zero-order chi connectivity index (χ0) is 16.0. The van der Waals surface area contributed by atoms with Crippen molar-refractivity contribution in [2.45, 2.75) is 32.2 Å². The van der Waals surface area contributed by atoms with E-state index in [4.69, 9.17) is 5.11 Å². The maximum Gasteiger partial charge on any atom is 0.326 e. The summed E-state index contributed by atoms with van der Waals surface area (Å²) < 4.78 is 2.21. The minimum atomic E-state index is -1.03. The molecule has 116 valence electrons. The number of aliphatic carboxylic acids is 1. The summed E-state index contributed by atoms with van der Waals surface area (Å²) in [6.45, 7) is 1.97. The van der Waals surface area contributed by atoms with E-state index in [1.807, 2.05) is 6.92 Å². The van der Waals surface area contributed by atoms with Crippen molar-refractivity contribution < 1.29 is 14.7 Å². The number of unbranched alkanes of at least 4 members (excludes halogenated alkanes) is 1. The van der Waals surface area contributed by atoms with Crippen LogP contribution in [0.1, 0.15) is 26.2 Å². The van der Waals surface area contributed by atoms with Gasteiger partial charge in [0, 0.05) is 13.4 Å². The number of carboxylic acids is 1. The molecule has 0 aliphatic carbocycles. The number of nitrogens with one attached hydrogen (secondary N) is 2. The van der Waals surface area contributed by atoms with Gasteiger partial charge in [-0.15, -0.1) is 0 Å². The quantitative estimate of drug-likeness (QED) is 0.543. The highest BCUT2D eigenvalue weighted by Gasteiger charge is 2.20. The molecule has 0 spiro atoms. The van der Waals surface area contributed by atoms with Gasteiger partial charge >= 0.3 is 12.0 Å². The molecule has 8 heteroatoms. The summed E-state index contributed by atoms with van der Waals surface area (Å²) in [4.78, 5) is 23.0. The summed E-state index contributed by atoms with van der Waals surface area (Å²) in [6.07, 6.45) is 2.02. The summed E-state index contributed by atoms with van der Waals surface area (Å²) in [5.41, 5.74) is 0.537. The molecule has 0 radical (unpaired) electrons. The van der Waals surface area contributed by atoms with Gasteiger partial charge in [0.25, 0.3) is 0 Å². The Morgan fingerprint density at radius 1 is 1.24 bits per heavy atom. The lowest BCUT2D eigenvalue weighted by atomic mass is 10.1. The Hall–Kier alpha value is -0.600. The second-order valence-electron chi connectivity index (χ2n) is 4.38. The van der Waals surface area contributed by atoms with Gasteiger partial charge in [-0.05, 0) is 50.4 Å². The van der Waals surface area contributed by atoms with Gasteiger partial charge in [0.2, 0.25) is 0 Å². The van der Waals surface area contributed by atoms with Crippen LogP contribution in [0.25, 0.3) is 0 Å². The summed E-state index contributed by atoms with van der Waals surface area (Å²) in [7, 11) is 0. The lowest BCUT2D eigenvalue weighted by Gasteiger charge is -2.16. The molecule has 1 rings (SSSR count). The van der Waals surface area contributed by atoms with E-state index in [9.17, 15) is 9.59 Å². The Labute approximate surface area is 148 Å². The Morgan fingerprint density at radius 3 is 2.29 bits per heavy atom. The molecule has 0 bridgehead atoms. The van der Waals surface area contributed by atoms with Crippen molar-refractivity contribution in [1.82, 2.24) is 5.32 Å². The molecule has 1 atom stereocenters. The largest absolute Gasteiger partial charge is 0.480 e. The maximum atomic E-state index is 11.9. The number of rotatable bonds is 6. The summed E-state index contributed by atoms with van der Waals surface area (Å²) in [6, 6.07) is 2.12. The minimum Gasteiger partial charge on any atom is -0.480 e. The Bertz CT molecular complexity index is 514. The molecule has 0 aliphatic rings. The monoisotopic (exact) mass is 484 g/mol. The fraction of sp³-hybridized carbons (Fsp3) is 0.385. The number of carboxylic acid groups (broad SMARTS) is 1. The third kappa shape index (κ3) is 5.96. The predicted molar refractivity (Wildman–Crippen MR) is 92.6 cm³/mol. The molecule has 2 amide bonds. The van der Waals surface area contributed by atoms with Gasteiger partial charge in [0.05, 0.1) is 5.69 Å². The van der Waals surface area contributed by atoms with E-state index in [-0.39, 0.29) is 0 Å². The second-order valence-corrected chi connectivity index (χ2v) is 7.00. The van der Waals surface area contributed by atoms with Crippen molar-refractivity contribution >= 4 is 65.5 Å². The van der Waals surface area contributed by atoms with Crippen LogP contribution in [0.2, 0.25) is 0 Å². The second kappa shape index (κ2) is 8.75. The highest BCUT2D eigenvalue weighted by atomic mass is 79.9. The molecule has 5 nitrogen and oxygen atoms in total. The van der Waals surface area contributed by atoms with E-state index in [0.717, 1.165) is 17.3 Å². The van der Waals surface area contributed by atoms with Gasteiger partial charge in [0.1, 0.15) is 6.04 Å². The summed E-state index contributed by atoms with van der Waals surface area (Å²) in [5, 5.41) is 14.2. The van der Waals surface area contributed by atoms with Crippen LogP contribution >= 0.6 is 47.8 Å². The molecule has 0 aromatic heterocycles. The number of halogens is 3. The van der Waals surface area contributed by atoms with E-state index in [2.05, 4.69) is 58.4 Å². The fourth-order valence-corrected chi connectivity index (χ4v) is 4.09. The zero-order valence-electron chi connectivity index (χ0n) is 11.3. The average molecular weight is 487 g/mol. The van der Waals surface area contributed by atoms with Gasteiger partial charge < -0.3 is 15.7 Å². The van der Waals surface area contributed by atoms with Crippen LogP contribution in [0.4, 0.5) is 10.5 Å². The number of urea groups is 1. The molecular weight excluding hydrogens is 472 g/mol. The van der Waals surface area contributed by atoms with Crippen molar-refractivity contribution in [1.29, 1.82) is 0 Å². The first-order valence-electron chi connectivity index (χ1n) is 6.30. The first-order chi connectivity index (χ1) is 9.85. The number of hydrogen-bond acceptors (Lipinski definition) is 2. The number of amides is 2. The third-order valence-electron chi connectivity index (χ3n) is 2.70. The first kappa shape index (κ1) is 18.4. The van der Waals surface area contributed by atoms with E-state index in [1.165, 1.54) is 0 Å². The molecular formula is C13H15Br3N2O3.